The molecular formula is C36H42N2O8. The van der Waals surface area contributed by atoms with E-state index in [0.29, 0.717) is 18.6 Å². The number of amides is 2. The maximum atomic E-state index is 13.5. The lowest BCUT2D eigenvalue weighted by Gasteiger charge is -2.30. The average molecular weight is 631 g/mol. The number of ether oxygens (including phenoxy) is 4. The fourth-order valence-corrected chi connectivity index (χ4v) is 5.82. The van der Waals surface area contributed by atoms with Crippen LogP contribution in [0.15, 0.2) is 66.7 Å². The maximum Gasteiger partial charge on any atom is 0.410 e. The van der Waals surface area contributed by atoms with Gasteiger partial charge in [0.15, 0.2) is 6.29 Å². The summed E-state index contributed by atoms with van der Waals surface area (Å²) in [6, 6.07) is 20.1. The lowest BCUT2D eigenvalue weighted by molar-refractivity contribution is -0.186. The molecule has 3 aromatic carbocycles. The predicted octanol–water partition coefficient (Wildman–Crippen LogP) is 6.02. The van der Waals surface area contributed by atoms with Crippen LogP contribution in [0.3, 0.4) is 0 Å². The molecule has 10 heteroatoms. The number of nitrogens with zero attached hydrogens (tertiary/aromatic N) is 1. The molecule has 5 rings (SSSR count). The Bertz CT molecular complexity index is 1510. The second-order valence-corrected chi connectivity index (χ2v) is 12.5. The third-order valence-electron chi connectivity index (χ3n) is 8.13. The molecule has 1 aliphatic heterocycles. The van der Waals surface area contributed by atoms with Crippen molar-refractivity contribution in [3.8, 4) is 16.9 Å². The molecule has 1 saturated heterocycles. The number of nitrogens with one attached hydrogen (secondary N) is 1. The van der Waals surface area contributed by atoms with Crippen molar-refractivity contribution in [3.63, 3.8) is 0 Å². The van der Waals surface area contributed by atoms with Crippen molar-refractivity contribution >= 4 is 18.0 Å². The van der Waals surface area contributed by atoms with Crippen LogP contribution in [0.5, 0.6) is 5.75 Å². The summed E-state index contributed by atoms with van der Waals surface area (Å²) in [5.74, 6) is -0.904. The molecule has 1 heterocycles. The number of hydroxylamine groups is 1. The lowest BCUT2D eigenvalue weighted by atomic mass is 9.98. The highest BCUT2D eigenvalue weighted by Crippen LogP contribution is 2.44. The second kappa shape index (κ2) is 14.3. The number of esters is 1. The van der Waals surface area contributed by atoms with Crippen molar-refractivity contribution < 1.29 is 38.2 Å². The van der Waals surface area contributed by atoms with Gasteiger partial charge in [0.2, 0.25) is 0 Å². The minimum absolute atomic E-state index is 0.0975. The molecule has 46 heavy (non-hydrogen) atoms. The van der Waals surface area contributed by atoms with Crippen LogP contribution in [0.25, 0.3) is 11.1 Å². The Kier molecular flexibility index (Phi) is 10.3. The van der Waals surface area contributed by atoms with E-state index < -0.39 is 35.9 Å². The molecule has 2 aliphatic rings. The summed E-state index contributed by atoms with van der Waals surface area (Å²) in [4.78, 5) is 46.5. The van der Waals surface area contributed by atoms with Gasteiger partial charge in [-0.15, -0.1) is 0 Å². The van der Waals surface area contributed by atoms with E-state index in [4.69, 9.17) is 23.8 Å². The van der Waals surface area contributed by atoms with Crippen molar-refractivity contribution in [2.45, 2.75) is 70.3 Å². The zero-order chi connectivity index (χ0) is 32.8. The minimum Gasteiger partial charge on any atom is -0.496 e. The van der Waals surface area contributed by atoms with Crippen LogP contribution in [0, 0.1) is 0 Å². The SMILES string of the molecule is COc1cc(CC(C(=O)OC(C)(C)C)N(C)C(=O)OCC2c3ccccc3-c3ccccc32)ccc1C(=O)NOC1CCCCO1. The second-order valence-electron chi connectivity index (χ2n) is 12.5. The van der Waals surface area contributed by atoms with Crippen LogP contribution in [0.2, 0.25) is 0 Å². The lowest BCUT2D eigenvalue weighted by Crippen LogP contribution is -2.47. The quantitative estimate of drug-likeness (QED) is 0.214. The highest BCUT2D eigenvalue weighted by Gasteiger charge is 2.34. The third-order valence-corrected chi connectivity index (χ3v) is 8.13. The summed E-state index contributed by atoms with van der Waals surface area (Å²) < 4.78 is 22.6. The molecule has 0 aromatic heterocycles. The molecular weight excluding hydrogens is 588 g/mol. The number of fused-ring (bicyclic) bond motifs is 3. The number of carbonyl (C=O) groups is 3. The number of rotatable bonds is 10. The van der Waals surface area contributed by atoms with Crippen molar-refractivity contribution in [1.29, 1.82) is 0 Å². The Hall–Kier alpha value is -4.41. The molecule has 2 unspecified atom stereocenters. The van der Waals surface area contributed by atoms with E-state index >= 15 is 0 Å². The molecule has 244 valence electrons. The topological polar surface area (TPSA) is 113 Å². The van der Waals surface area contributed by atoms with E-state index in [1.54, 1.807) is 39.0 Å². The van der Waals surface area contributed by atoms with E-state index in [1.807, 2.05) is 36.4 Å². The smallest absolute Gasteiger partial charge is 0.410 e. The fraction of sp³-hybridized carbons (Fsp3) is 0.417. The first-order valence-corrected chi connectivity index (χ1v) is 15.6. The Morgan fingerprint density at radius 2 is 1.65 bits per heavy atom. The Balaban J connectivity index is 1.30. The van der Waals surface area contributed by atoms with Gasteiger partial charge in [-0.05, 0) is 73.6 Å². The average Bonchev–Trinajstić information content (AvgIpc) is 3.37. The van der Waals surface area contributed by atoms with E-state index in [-0.39, 0.29) is 30.3 Å². The van der Waals surface area contributed by atoms with Gasteiger partial charge in [-0.3, -0.25) is 9.69 Å². The van der Waals surface area contributed by atoms with Gasteiger partial charge in [-0.25, -0.2) is 19.9 Å². The van der Waals surface area contributed by atoms with Crippen molar-refractivity contribution in [3.05, 3.63) is 89.0 Å². The standard InChI is InChI=1S/C36H42N2O8/c1-36(2,3)45-34(40)30(20-23-17-18-28(31(21-23)42-5)33(39)37-46-32-16-10-11-19-43-32)38(4)35(41)44-22-29-26-14-8-6-12-24(26)25-13-7-9-15-27(25)29/h6-9,12-15,17-18,21,29-30,32H,10-11,16,19-20,22H2,1-5H3,(H,37,39). The summed E-state index contributed by atoms with van der Waals surface area (Å²) >= 11 is 0. The van der Waals surface area contributed by atoms with E-state index in [0.717, 1.165) is 35.1 Å². The molecule has 2 atom stereocenters. The molecule has 1 N–H and O–H groups in total. The summed E-state index contributed by atoms with van der Waals surface area (Å²) in [5.41, 5.74) is 7.00. The summed E-state index contributed by atoms with van der Waals surface area (Å²) in [6.07, 6.45) is 1.57. The first-order valence-electron chi connectivity index (χ1n) is 15.6. The number of hydrogen-bond donors (Lipinski definition) is 1. The van der Waals surface area contributed by atoms with Gasteiger partial charge in [-0.2, -0.15) is 0 Å². The van der Waals surface area contributed by atoms with Gasteiger partial charge >= 0.3 is 12.1 Å². The van der Waals surface area contributed by atoms with Gasteiger partial charge in [0.05, 0.1) is 12.7 Å². The van der Waals surface area contributed by atoms with Crippen molar-refractivity contribution in [2.24, 2.45) is 0 Å². The summed E-state index contributed by atoms with van der Waals surface area (Å²) in [6.45, 7) is 6.01. The van der Waals surface area contributed by atoms with Gasteiger partial charge in [-0.1, -0.05) is 54.6 Å². The molecule has 10 nitrogen and oxygen atoms in total. The van der Waals surface area contributed by atoms with E-state index in [1.165, 1.54) is 19.1 Å². The van der Waals surface area contributed by atoms with Gasteiger partial charge < -0.3 is 18.9 Å². The first-order chi connectivity index (χ1) is 22.1. The van der Waals surface area contributed by atoms with Crippen LogP contribution in [-0.2, 0) is 30.3 Å². The van der Waals surface area contributed by atoms with Gasteiger partial charge in [0.1, 0.15) is 24.0 Å². The zero-order valence-electron chi connectivity index (χ0n) is 27.0. The third kappa shape index (κ3) is 7.68. The molecule has 0 bridgehead atoms. The number of hydrogen-bond acceptors (Lipinski definition) is 8. The van der Waals surface area contributed by atoms with E-state index in [2.05, 4.69) is 17.6 Å². The van der Waals surface area contributed by atoms with Crippen molar-refractivity contribution in [2.75, 3.05) is 27.4 Å². The molecule has 0 saturated carbocycles. The first kappa shape index (κ1) is 33.0. The van der Waals surface area contributed by atoms with Crippen molar-refractivity contribution in [1.82, 2.24) is 10.4 Å². The zero-order valence-corrected chi connectivity index (χ0v) is 27.0. The highest BCUT2D eigenvalue weighted by atomic mass is 16.8. The fourth-order valence-electron chi connectivity index (χ4n) is 5.82. The monoisotopic (exact) mass is 630 g/mol. The van der Waals surface area contributed by atoms with Gasteiger partial charge in [0, 0.05) is 32.4 Å². The maximum absolute atomic E-state index is 13.5. The summed E-state index contributed by atoms with van der Waals surface area (Å²) in [7, 11) is 2.98. The minimum atomic E-state index is -1.01. The Labute approximate surface area is 269 Å². The van der Waals surface area contributed by atoms with E-state index in [9.17, 15) is 14.4 Å². The number of likely N-dealkylation sites (N-methyl/N-ethyl adjacent to an activating group) is 1. The normalized spacial score (nSPS) is 16.5. The van der Waals surface area contributed by atoms with Crippen LogP contribution >= 0.6 is 0 Å². The Morgan fingerprint density at radius 3 is 2.26 bits per heavy atom. The largest absolute Gasteiger partial charge is 0.496 e. The number of carbonyl (C=O) groups excluding carboxylic acids is 3. The van der Waals surface area contributed by atoms with Crippen LogP contribution < -0.4 is 10.2 Å². The van der Waals surface area contributed by atoms with Gasteiger partial charge in [0.25, 0.3) is 5.91 Å². The van der Waals surface area contributed by atoms with Crippen LogP contribution in [0.1, 0.15) is 73.0 Å². The predicted molar refractivity (Wildman–Crippen MR) is 171 cm³/mol. The number of benzene rings is 3. The Morgan fingerprint density at radius 1 is 0.978 bits per heavy atom. The molecule has 2 amide bonds. The molecule has 1 fully saturated rings. The molecule has 0 spiro atoms. The highest BCUT2D eigenvalue weighted by molar-refractivity contribution is 5.96. The molecule has 1 aliphatic carbocycles. The van der Waals surface area contributed by atoms with Crippen LogP contribution in [-0.4, -0.2) is 68.2 Å². The molecule has 3 aromatic rings. The van der Waals surface area contributed by atoms with Crippen LogP contribution in [0.4, 0.5) is 4.79 Å². The number of methoxy groups -OCH3 is 1. The molecule has 0 radical (unpaired) electrons. The summed E-state index contributed by atoms with van der Waals surface area (Å²) in [5, 5.41) is 0.